The van der Waals surface area contributed by atoms with E-state index in [2.05, 4.69) is 77.5 Å². The van der Waals surface area contributed by atoms with Crippen molar-refractivity contribution in [3.63, 3.8) is 0 Å². The van der Waals surface area contributed by atoms with Crippen LogP contribution >= 0.6 is 0 Å². The van der Waals surface area contributed by atoms with Gasteiger partial charge in [0.1, 0.15) is 5.82 Å². The second-order valence-corrected chi connectivity index (χ2v) is 9.98. The summed E-state index contributed by atoms with van der Waals surface area (Å²) >= 11 is 0. The topological polar surface area (TPSA) is 46.9 Å². The van der Waals surface area contributed by atoms with Crippen LogP contribution in [-0.4, -0.2) is 22.0 Å². The second-order valence-electron chi connectivity index (χ2n) is 9.98. The summed E-state index contributed by atoms with van der Waals surface area (Å²) in [6, 6.07) is 27.1. The number of carbonyl (C=O) groups is 1. The van der Waals surface area contributed by atoms with Gasteiger partial charge in [0.15, 0.2) is 0 Å². The van der Waals surface area contributed by atoms with Crippen molar-refractivity contribution in [2.75, 3.05) is 6.54 Å². The third kappa shape index (κ3) is 8.04. The van der Waals surface area contributed by atoms with E-state index < -0.39 is 0 Å². The van der Waals surface area contributed by atoms with Crippen LogP contribution in [-0.2, 0) is 24.2 Å². The van der Waals surface area contributed by atoms with E-state index in [0.717, 1.165) is 49.9 Å². The Hall–Kier alpha value is -3.40. The number of aryl methyl sites for hydroxylation is 2. The van der Waals surface area contributed by atoms with E-state index in [0.29, 0.717) is 6.42 Å². The summed E-state index contributed by atoms with van der Waals surface area (Å²) in [7, 11) is 0. The lowest BCUT2D eigenvalue weighted by Crippen LogP contribution is -2.26. The molecule has 4 heteroatoms. The third-order valence-corrected chi connectivity index (χ3v) is 7.04. The summed E-state index contributed by atoms with van der Waals surface area (Å²) in [5.41, 5.74) is 5.79. The quantitative estimate of drug-likeness (QED) is 0.171. The minimum absolute atomic E-state index is 0.0947. The molecule has 0 saturated carbocycles. The van der Waals surface area contributed by atoms with Crippen LogP contribution in [0.25, 0.3) is 22.2 Å². The number of unbranched alkanes of at least 4 members (excludes halogenated alkanes) is 6. The Balaban J connectivity index is 1.17. The number of hydrogen-bond acceptors (Lipinski definition) is 2. The molecule has 1 N–H and O–H groups in total. The molecular weight excluding hydrogens is 454 g/mol. The van der Waals surface area contributed by atoms with Crippen LogP contribution in [0.2, 0.25) is 0 Å². The predicted molar refractivity (Wildman–Crippen MR) is 155 cm³/mol. The largest absolute Gasteiger partial charge is 0.356 e. The average Bonchev–Trinajstić information content (AvgIpc) is 3.28. The lowest BCUT2D eigenvalue weighted by molar-refractivity contribution is -0.120. The number of nitrogens with one attached hydrogen (secondary N) is 1. The van der Waals surface area contributed by atoms with Crippen molar-refractivity contribution in [3.8, 4) is 11.1 Å². The molecule has 0 atom stereocenters. The van der Waals surface area contributed by atoms with E-state index in [1.165, 1.54) is 54.6 Å². The number of hydrogen-bond donors (Lipinski definition) is 1. The number of imidazole rings is 1. The third-order valence-electron chi connectivity index (χ3n) is 7.04. The second kappa shape index (κ2) is 14.4. The molecule has 194 valence electrons. The Kier molecular flexibility index (Phi) is 10.4. The van der Waals surface area contributed by atoms with Crippen molar-refractivity contribution in [2.45, 2.75) is 77.7 Å². The van der Waals surface area contributed by atoms with Crippen LogP contribution in [0.3, 0.4) is 0 Å². The number of amides is 1. The van der Waals surface area contributed by atoms with Gasteiger partial charge in [-0.2, -0.15) is 0 Å². The summed E-state index contributed by atoms with van der Waals surface area (Å²) in [4.78, 5) is 17.3. The van der Waals surface area contributed by atoms with Crippen molar-refractivity contribution in [3.05, 3.63) is 90.3 Å². The van der Waals surface area contributed by atoms with Crippen LogP contribution in [0.5, 0.6) is 0 Å². The SMILES string of the molecule is CCCCCCCn1c(CCCCCNC(=O)Cc2ccc(-c3ccccc3)cc2)nc2ccccc21. The van der Waals surface area contributed by atoms with Gasteiger partial charge in [0.25, 0.3) is 0 Å². The van der Waals surface area contributed by atoms with Gasteiger partial charge in [-0.3, -0.25) is 4.79 Å². The Bertz CT molecular complexity index is 1230. The first-order valence-electron chi connectivity index (χ1n) is 14.1. The summed E-state index contributed by atoms with van der Waals surface area (Å²) in [5.74, 6) is 1.30. The smallest absolute Gasteiger partial charge is 0.224 e. The van der Waals surface area contributed by atoms with Gasteiger partial charge in [-0.25, -0.2) is 4.98 Å². The maximum atomic E-state index is 12.4. The summed E-state index contributed by atoms with van der Waals surface area (Å²) in [6.45, 7) is 4.05. The number of fused-ring (bicyclic) bond motifs is 1. The Morgan fingerprint density at radius 1 is 0.757 bits per heavy atom. The number of nitrogens with zero attached hydrogens (tertiary/aromatic N) is 2. The van der Waals surface area contributed by atoms with Gasteiger partial charge in [-0.15, -0.1) is 0 Å². The van der Waals surface area contributed by atoms with Gasteiger partial charge in [-0.05, 0) is 48.1 Å². The molecular formula is C33H41N3O. The molecule has 3 aromatic carbocycles. The van der Waals surface area contributed by atoms with Crippen LogP contribution in [0, 0.1) is 0 Å². The highest BCUT2D eigenvalue weighted by Gasteiger charge is 2.10. The molecule has 4 aromatic rings. The van der Waals surface area contributed by atoms with Crippen molar-refractivity contribution >= 4 is 16.9 Å². The van der Waals surface area contributed by atoms with Crippen molar-refractivity contribution in [2.24, 2.45) is 0 Å². The predicted octanol–water partition coefficient (Wildman–Crippen LogP) is 7.75. The molecule has 1 amide bonds. The summed E-state index contributed by atoms with van der Waals surface area (Å²) in [5, 5.41) is 3.09. The first-order valence-corrected chi connectivity index (χ1v) is 14.1. The fraction of sp³-hybridized carbons (Fsp3) is 0.394. The van der Waals surface area contributed by atoms with E-state index in [9.17, 15) is 4.79 Å². The number of aromatic nitrogens is 2. The molecule has 0 aliphatic carbocycles. The molecule has 0 aliphatic heterocycles. The molecule has 0 spiro atoms. The van der Waals surface area contributed by atoms with Gasteiger partial charge in [0, 0.05) is 19.5 Å². The van der Waals surface area contributed by atoms with Gasteiger partial charge in [-0.1, -0.05) is 106 Å². The Morgan fingerprint density at radius 2 is 1.46 bits per heavy atom. The van der Waals surface area contributed by atoms with Gasteiger partial charge < -0.3 is 9.88 Å². The van der Waals surface area contributed by atoms with Crippen LogP contribution in [0.1, 0.15) is 69.7 Å². The number of carbonyl (C=O) groups excluding carboxylic acids is 1. The Labute approximate surface area is 222 Å². The molecule has 0 unspecified atom stereocenters. The lowest BCUT2D eigenvalue weighted by Gasteiger charge is -2.10. The fourth-order valence-corrected chi connectivity index (χ4v) is 4.95. The molecule has 1 aromatic heterocycles. The molecule has 0 bridgehead atoms. The lowest BCUT2D eigenvalue weighted by atomic mass is 10.0. The zero-order valence-corrected chi connectivity index (χ0v) is 22.3. The van der Waals surface area contributed by atoms with Crippen molar-refractivity contribution in [1.82, 2.24) is 14.9 Å². The number of benzene rings is 3. The number of para-hydroxylation sites is 2. The number of rotatable bonds is 15. The minimum atomic E-state index is 0.0947. The van der Waals surface area contributed by atoms with E-state index in [1.807, 2.05) is 18.2 Å². The summed E-state index contributed by atoms with van der Waals surface area (Å²) in [6.07, 6.45) is 11.0. The van der Waals surface area contributed by atoms with E-state index in [-0.39, 0.29) is 5.91 Å². The average molecular weight is 496 g/mol. The van der Waals surface area contributed by atoms with Gasteiger partial charge in [0.2, 0.25) is 5.91 Å². The standard InChI is InChI=1S/C33H41N3O/c1-2-3-4-5-14-25-36-31-18-12-11-17-30(31)35-32(36)19-10-7-13-24-34-33(37)26-27-20-22-29(23-21-27)28-15-8-6-9-16-28/h6,8-9,11-12,15-18,20-23H,2-5,7,10,13-14,19,24-26H2,1H3,(H,34,37). The molecule has 0 saturated heterocycles. The highest BCUT2D eigenvalue weighted by atomic mass is 16.1. The fourth-order valence-electron chi connectivity index (χ4n) is 4.95. The van der Waals surface area contributed by atoms with E-state index in [4.69, 9.17) is 4.98 Å². The zero-order chi connectivity index (χ0) is 25.7. The normalized spacial score (nSPS) is 11.2. The minimum Gasteiger partial charge on any atom is -0.356 e. The zero-order valence-electron chi connectivity index (χ0n) is 22.3. The van der Waals surface area contributed by atoms with E-state index in [1.54, 1.807) is 0 Å². The van der Waals surface area contributed by atoms with Crippen LogP contribution in [0.4, 0.5) is 0 Å². The van der Waals surface area contributed by atoms with Gasteiger partial charge in [0.05, 0.1) is 17.5 Å². The first-order chi connectivity index (χ1) is 18.2. The maximum absolute atomic E-state index is 12.4. The highest BCUT2D eigenvalue weighted by molar-refractivity contribution is 5.79. The molecule has 1 heterocycles. The molecule has 0 fully saturated rings. The van der Waals surface area contributed by atoms with Crippen LogP contribution < -0.4 is 5.32 Å². The van der Waals surface area contributed by atoms with Crippen molar-refractivity contribution < 1.29 is 4.79 Å². The monoisotopic (exact) mass is 495 g/mol. The molecule has 0 aliphatic rings. The molecule has 0 radical (unpaired) electrons. The van der Waals surface area contributed by atoms with Crippen molar-refractivity contribution in [1.29, 1.82) is 0 Å². The summed E-state index contributed by atoms with van der Waals surface area (Å²) < 4.78 is 2.44. The highest BCUT2D eigenvalue weighted by Crippen LogP contribution is 2.20. The molecule has 4 nitrogen and oxygen atoms in total. The molecule has 4 rings (SSSR count). The van der Waals surface area contributed by atoms with E-state index >= 15 is 0 Å². The van der Waals surface area contributed by atoms with Gasteiger partial charge >= 0.3 is 0 Å². The van der Waals surface area contributed by atoms with Crippen LogP contribution in [0.15, 0.2) is 78.9 Å². The first kappa shape index (κ1) is 26.7. The molecule has 37 heavy (non-hydrogen) atoms. The Morgan fingerprint density at radius 3 is 2.27 bits per heavy atom. The maximum Gasteiger partial charge on any atom is 0.224 e.